The Kier molecular flexibility index (Phi) is 9.19. The van der Waals surface area contributed by atoms with Gasteiger partial charge < -0.3 is 14.8 Å². The molecule has 0 bridgehead atoms. The SMILES string of the molecule is C=N/C(=C\OC[C@@H]1CCCN1)c1ccc(OCC/C=C/c2ccc(C(F)(F)F)cc2)c(C(F)(F)F)c1. The van der Waals surface area contributed by atoms with Crippen molar-refractivity contribution in [3.05, 3.63) is 77.1 Å². The topological polar surface area (TPSA) is 42.8 Å². The summed E-state index contributed by atoms with van der Waals surface area (Å²) in [6, 6.07) is 8.35. The highest BCUT2D eigenvalue weighted by atomic mass is 19.4. The Morgan fingerprint density at radius 1 is 1.06 bits per heavy atom. The van der Waals surface area contributed by atoms with Crippen LogP contribution in [-0.4, -0.2) is 32.5 Å². The lowest BCUT2D eigenvalue weighted by Crippen LogP contribution is -2.25. The number of nitrogens with zero attached hydrogens (tertiary/aromatic N) is 1. The number of hydrogen-bond acceptors (Lipinski definition) is 4. The third-order valence-electron chi connectivity index (χ3n) is 5.50. The van der Waals surface area contributed by atoms with E-state index in [4.69, 9.17) is 9.47 Å². The molecule has 0 aliphatic carbocycles. The molecule has 0 radical (unpaired) electrons. The van der Waals surface area contributed by atoms with Crippen molar-refractivity contribution in [2.75, 3.05) is 19.8 Å². The second-order valence-corrected chi connectivity index (χ2v) is 8.16. The lowest BCUT2D eigenvalue weighted by atomic mass is 10.1. The molecule has 3 rings (SSSR count). The molecule has 0 saturated carbocycles. The van der Waals surface area contributed by atoms with Gasteiger partial charge in [-0.2, -0.15) is 26.3 Å². The fourth-order valence-electron chi connectivity index (χ4n) is 3.62. The van der Waals surface area contributed by atoms with Crippen LogP contribution in [-0.2, 0) is 17.1 Å². The number of aliphatic imine (C=N–C) groups is 1. The number of alkyl halides is 6. The van der Waals surface area contributed by atoms with Gasteiger partial charge in [-0.1, -0.05) is 24.3 Å². The number of benzene rings is 2. The maximum atomic E-state index is 13.7. The minimum absolute atomic E-state index is 0.0561. The molecule has 1 aliphatic rings. The van der Waals surface area contributed by atoms with Crippen LogP contribution >= 0.6 is 0 Å². The Morgan fingerprint density at radius 3 is 2.42 bits per heavy atom. The van der Waals surface area contributed by atoms with Crippen LogP contribution in [0.5, 0.6) is 5.75 Å². The first-order chi connectivity index (χ1) is 17.1. The fraction of sp³-hybridized carbons (Fsp3) is 0.346. The Labute approximate surface area is 205 Å². The van der Waals surface area contributed by atoms with Crippen molar-refractivity contribution in [3.8, 4) is 5.75 Å². The smallest absolute Gasteiger partial charge is 0.419 e. The van der Waals surface area contributed by atoms with E-state index in [9.17, 15) is 26.3 Å². The van der Waals surface area contributed by atoms with E-state index in [1.165, 1.54) is 30.5 Å². The van der Waals surface area contributed by atoms with Crippen molar-refractivity contribution in [1.29, 1.82) is 0 Å². The van der Waals surface area contributed by atoms with Gasteiger partial charge in [0.1, 0.15) is 24.3 Å². The van der Waals surface area contributed by atoms with Gasteiger partial charge in [0.05, 0.1) is 17.7 Å². The third kappa shape index (κ3) is 7.87. The van der Waals surface area contributed by atoms with Crippen LogP contribution in [0, 0.1) is 0 Å². The van der Waals surface area contributed by atoms with Crippen LogP contribution in [0.1, 0.15) is 41.5 Å². The van der Waals surface area contributed by atoms with Crippen LogP contribution in [0.3, 0.4) is 0 Å². The van der Waals surface area contributed by atoms with Crippen molar-refractivity contribution >= 4 is 18.5 Å². The number of halogens is 6. The van der Waals surface area contributed by atoms with E-state index in [0.717, 1.165) is 37.6 Å². The zero-order valence-corrected chi connectivity index (χ0v) is 19.3. The molecule has 2 aromatic carbocycles. The van der Waals surface area contributed by atoms with Gasteiger partial charge in [0.2, 0.25) is 0 Å². The number of ether oxygens (including phenoxy) is 2. The van der Waals surface area contributed by atoms with Crippen LogP contribution in [0.25, 0.3) is 11.8 Å². The van der Waals surface area contributed by atoms with Gasteiger partial charge in [-0.25, -0.2) is 0 Å². The van der Waals surface area contributed by atoms with E-state index < -0.39 is 23.5 Å². The Hall–Kier alpha value is -3.27. The summed E-state index contributed by atoms with van der Waals surface area (Å²) >= 11 is 0. The third-order valence-corrected chi connectivity index (χ3v) is 5.50. The summed E-state index contributed by atoms with van der Waals surface area (Å²) in [6.45, 7) is 4.66. The zero-order valence-electron chi connectivity index (χ0n) is 19.3. The number of hydrogen-bond donors (Lipinski definition) is 1. The molecule has 36 heavy (non-hydrogen) atoms. The van der Waals surface area contributed by atoms with Gasteiger partial charge >= 0.3 is 12.4 Å². The first kappa shape index (κ1) is 27.3. The minimum Gasteiger partial charge on any atom is -0.497 e. The maximum absolute atomic E-state index is 13.7. The molecule has 1 fully saturated rings. The molecule has 194 valence electrons. The van der Waals surface area contributed by atoms with Crippen molar-refractivity contribution in [2.24, 2.45) is 4.99 Å². The van der Waals surface area contributed by atoms with Crippen molar-refractivity contribution < 1.29 is 35.8 Å². The molecular formula is C26H26F6N2O2. The van der Waals surface area contributed by atoms with E-state index in [0.29, 0.717) is 12.2 Å². The summed E-state index contributed by atoms with van der Waals surface area (Å²) in [6.07, 6.45) is -2.32. The predicted octanol–water partition coefficient (Wildman–Crippen LogP) is 6.97. The van der Waals surface area contributed by atoms with Gasteiger partial charge in [0.25, 0.3) is 0 Å². The summed E-state index contributed by atoms with van der Waals surface area (Å²) < 4.78 is 89.8. The van der Waals surface area contributed by atoms with Gasteiger partial charge in [-0.15, -0.1) is 0 Å². The molecule has 1 atom stereocenters. The number of rotatable bonds is 10. The standard InChI is InChI=1S/C26H26F6N2O2/c1-33-23(17-35-16-21-6-4-13-34-21)19-9-12-24(22(15-19)26(30,31)32)36-14-3-2-5-18-7-10-20(11-8-18)25(27,28)29/h2,5,7-12,15,17,21,34H,1,3-4,6,13-14,16H2/b5-2+,23-17-/t21-/m0/s1. The Bertz CT molecular complexity index is 1070. The second kappa shape index (κ2) is 12.1. The molecular weight excluding hydrogens is 486 g/mol. The molecule has 1 saturated heterocycles. The Balaban J connectivity index is 1.61. The Morgan fingerprint density at radius 2 is 1.81 bits per heavy atom. The second-order valence-electron chi connectivity index (χ2n) is 8.16. The van der Waals surface area contributed by atoms with Crippen LogP contribution < -0.4 is 10.1 Å². The number of nitrogens with one attached hydrogen (secondary N) is 1. The maximum Gasteiger partial charge on any atom is 0.419 e. The molecule has 0 spiro atoms. The highest BCUT2D eigenvalue weighted by Gasteiger charge is 2.35. The molecule has 0 aromatic heterocycles. The molecule has 1 N–H and O–H groups in total. The average molecular weight is 512 g/mol. The van der Waals surface area contributed by atoms with E-state index in [2.05, 4.69) is 17.0 Å². The highest BCUT2D eigenvalue weighted by molar-refractivity contribution is 5.68. The predicted molar refractivity (Wildman–Crippen MR) is 127 cm³/mol. The average Bonchev–Trinajstić information content (AvgIpc) is 3.34. The molecule has 1 heterocycles. The summed E-state index contributed by atoms with van der Waals surface area (Å²) in [5, 5.41) is 3.26. The lowest BCUT2D eigenvalue weighted by molar-refractivity contribution is -0.139. The summed E-state index contributed by atoms with van der Waals surface area (Å²) in [5.74, 6) is -0.339. The minimum atomic E-state index is -4.66. The monoisotopic (exact) mass is 512 g/mol. The van der Waals surface area contributed by atoms with E-state index >= 15 is 0 Å². The van der Waals surface area contributed by atoms with Crippen molar-refractivity contribution in [2.45, 2.75) is 37.7 Å². The van der Waals surface area contributed by atoms with Crippen molar-refractivity contribution in [3.63, 3.8) is 0 Å². The fourth-order valence-corrected chi connectivity index (χ4v) is 3.62. The van der Waals surface area contributed by atoms with Gasteiger partial charge in [-0.3, -0.25) is 4.99 Å². The van der Waals surface area contributed by atoms with E-state index in [1.54, 1.807) is 12.2 Å². The molecule has 2 aromatic rings. The molecule has 10 heteroatoms. The quantitative estimate of drug-likeness (QED) is 0.162. The largest absolute Gasteiger partial charge is 0.497 e. The molecule has 0 amide bonds. The van der Waals surface area contributed by atoms with E-state index in [1.807, 2.05) is 0 Å². The summed E-state index contributed by atoms with van der Waals surface area (Å²) in [7, 11) is 0. The van der Waals surface area contributed by atoms with Gasteiger partial charge in [0, 0.05) is 11.6 Å². The van der Waals surface area contributed by atoms with Crippen LogP contribution in [0.15, 0.2) is 59.8 Å². The molecule has 4 nitrogen and oxygen atoms in total. The van der Waals surface area contributed by atoms with E-state index in [-0.39, 0.29) is 36.1 Å². The van der Waals surface area contributed by atoms with Crippen LogP contribution in [0.2, 0.25) is 0 Å². The first-order valence-electron chi connectivity index (χ1n) is 11.3. The zero-order chi connectivity index (χ0) is 26.2. The first-order valence-corrected chi connectivity index (χ1v) is 11.3. The van der Waals surface area contributed by atoms with Crippen LogP contribution in [0.4, 0.5) is 26.3 Å². The summed E-state index contributed by atoms with van der Waals surface area (Å²) in [5.41, 5.74) is -0.826. The normalized spacial score (nSPS) is 16.9. The summed E-state index contributed by atoms with van der Waals surface area (Å²) in [4.78, 5) is 3.80. The van der Waals surface area contributed by atoms with Gasteiger partial charge in [0.15, 0.2) is 0 Å². The molecule has 0 unspecified atom stereocenters. The highest BCUT2D eigenvalue weighted by Crippen LogP contribution is 2.38. The van der Waals surface area contributed by atoms with Crippen molar-refractivity contribution in [1.82, 2.24) is 5.32 Å². The lowest BCUT2D eigenvalue weighted by Gasteiger charge is -2.15. The molecule has 1 aliphatic heterocycles. The van der Waals surface area contributed by atoms with Gasteiger partial charge in [-0.05, 0) is 68.4 Å².